The van der Waals surface area contributed by atoms with Crippen LogP contribution >= 0.6 is 11.3 Å². The number of ether oxygens (including phenoxy) is 3. The van der Waals surface area contributed by atoms with Crippen LogP contribution in [0.25, 0.3) is 21.5 Å². The van der Waals surface area contributed by atoms with Crippen LogP contribution in [0.1, 0.15) is 15.4 Å². The number of carbonyl (C=O) groups excluding carboxylic acids is 1. The minimum Gasteiger partial charge on any atom is -0.494 e. The summed E-state index contributed by atoms with van der Waals surface area (Å²) in [6.45, 7) is 1.82. The average molecular weight is 436 g/mol. The summed E-state index contributed by atoms with van der Waals surface area (Å²) in [7, 11) is 4.77. The molecule has 0 saturated carbocycles. The van der Waals surface area contributed by atoms with Crippen molar-refractivity contribution in [2.45, 2.75) is 6.92 Å². The third kappa shape index (κ3) is 3.89. The van der Waals surface area contributed by atoms with E-state index in [2.05, 4.69) is 15.3 Å². The summed E-state index contributed by atoms with van der Waals surface area (Å²) >= 11 is 1.33. The number of hydrogen-bond donors (Lipinski definition) is 1. The maximum absolute atomic E-state index is 13.1. The van der Waals surface area contributed by atoms with Gasteiger partial charge in [0.05, 0.1) is 32.7 Å². The second kappa shape index (κ2) is 8.61. The number of nitrogens with one attached hydrogen (secondary N) is 1. The van der Waals surface area contributed by atoms with Crippen molar-refractivity contribution in [3.63, 3.8) is 0 Å². The van der Waals surface area contributed by atoms with Gasteiger partial charge in [0.15, 0.2) is 11.5 Å². The molecule has 0 aliphatic heterocycles. The summed E-state index contributed by atoms with van der Waals surface area (Å²) in [4.78, 5) is 22.6. The number of amides is 1. The molecule has 2 aromatic heterocycles. The lowest BCUT2D eigenvalue weighted by Gasteiger charge is -2.10. The van der Waals surface area contributed by atoms with Gasteiger partial charge >= 0.3 is 0 Å². The topological polar surface area (TPSA) is 82.6 Å². The number of thiazole rings is 1. The van der Waals surface area contributed by atoms with Gasteiger partial charge in [-0.2, -0.15) is 0 Å². The van der Waals surface area contributed by atoms with Crippen LogP contribution in [-0.2, 0) is 0 Å². The first kappa shape index (κ1) is 20.6. The van der Waals surface area contributed by atoms with Crippen LogP contribution in [0.4, 0.5) is 5.69 Å². The van der Waals surface area contributed by atoms with Gasteiger partial charge in [-0.3, -0.25) is 9.78 Å². The Labute approximate surface area is 183 Å². The highest BCUT2D eigenvalue weighted by Crippen LogP contribution is 2.36. The summed E-state index contributed by atoms with van der Waals surface area (Å²) in [5.41, 5.74) is 2.86. The van der Waals surface area contributed by atoms with Gasteiger partial charge < -0.3 is 19.5 Å². The fourth-order valence-electron chi connectivity index (χ4n) is 3.30. The Morgan fingerprint density at radius 3 is 2.45 bits per heavy atom. The number of fused-ring (bicyclic) bond motifs is 1. The second-order valence-corrected chi connectivity index (χ2v) is 7.67. The summed E-state index contributed by atoms with van der Waals surface area (Å²) < 4.78 is 16.0. The molecule has 1 amide bonds. The molecule has 4 rings (SSSR count). The molecule has 0 aliphatic carbocycles. The van der Waals surface area contributed by atoms with Gasteiger partial charge in [-0.25, -0.2) is 4.98 Å². The number of rotatable bonds is 6. The van der Waals surface area contributed by atoms with E-state index in [1.54, 1.807) is 33.6 Å². The number of aromatic nitrogens is 2. The zero-order chi connectivity index (χ0) is 22.0. The van der Waals surface area contributed by atoms with Crippen LogP contribution in [-0.4, -0.2) is 37.2 Å². The molecule has 158 valence electrons. The van der Waals surface area contributed by atoms with Crippen LogP contribution in [0, 0.1) is 6.92 Å². The smallest absolute Gasteiger partial charge is 0.267 e. The zero-order valence-electron chi connectivity index (χ0n) is 17.6. The summed E-state index contributed by atoms with van der Waals surface area (Å²) in [6, 6.07) is 12.9. The lowest BCUT2D eigenvalue weighted by Crippen LogP contribution is -2.12. The molecule has 8 heteroatoms. The Bertz CT molecular complexity index is 1270. The van der Waals surface area contributed by atoms with Gasteiger partial charge in [-0.15, -0.1) is 11.3 Å². The van der Waals surface area contributed by atoms with Crippen molar-refractivity contribution in [1.29, 1.82) is 0 Å². The molecule has 31 heavy (non-hydrogen) atoms. The predicted molar refractivity (Wildman–Crippen MR) is 122 cm³/mol. The number of carbonyl (C=O) groups is 1. The van der Waals surface area contributed by atoms with E-state index in [0.29, 0.717) is 39.0 Å². The van der Waals surface area contributed by atoms with E-state index in [4.69, 9.17) is 14.2 Å². The lowest BCUT2D eigenvalue weighted by molar-refractivity contribution is 0.103. The molecule has 7 nitrogen and oxygen atoms in total. The summed E-state index contributed by atoms with van der Waals surface area (Å²) in [5.74, 6) is 1.67. The Balaban J connectivity index is 1.66. The number of nitrogens with zero attached hydrogens (tertiary/aromatic N) is 2. The molecule has 4 aromatic rings. The van der Waals surface area contributed by atoms with Crippen LogP contribution < -0.4 is 19.5 Å². The van der Waals surface area contributed by atoms with E-state index in [9.17, 15) is 4.79 Å². The van der Waals surface area contributed by atoms with Crippen molar-refractivity contribution in [3.05, 3.63) is 59.2 Å². The van der Waals surface area contributed by atoms with Gasteiger partial charge in [-0.1, -0.05) is 0 Å². The number of hydrogen-bond acceptors (Lipinski definition) is 7. The van der Waals surface area contributed by atoms with Gasteiger partial charge in [-0.05, 0) is 49.4 Å². The average Bonchev–Trinajstić information content (AvgIpc) is 3.20. The lowest BCUT2D eigenvalue weighted by atomic mass is 10.1. The number of methoxy groups -OCH3 is 3. The summed E-state index contributed by atoms with van der Waals surface area (Å²) in [5, 5.41) is 4.52. The van der Waals surface area contributed by atoms with Crippen LogP contribution in [0.15, 0.2) is 48.7 Å². The Morgan fingerprint density at radius 1 is 0.968 bits per heavy atom. The van der Waals surface area contributed by atoms with Crippen molar-refractivity contribution < 1.29 is 19.0 Å². The molecule has 0 spiro atoms. The van der Waals surface area contributed by atoms with E-state index in [-0.39, 0.29) is 5.91 Å². The first-order valence-corrected chi connectivity index (χ1v) is 10.3. The van der Waals surface area contributed by atoms with Crippen molar-refractivity contribution >= 4 is 33.8 Å². The van der Waals surface area contributed by atoms with Gasteiger partial charge in [0, 0.05) is 17.1 Å². The Kier molecular flexibility index (Phi) is 5.73. The highest BCUT2D eigenvalue weighted by atomic mass is 32.1. The van der Waals surface area contributed by atoms with E-state index in [0.717, 1.165) is 16.0 Å². The maximum Gasteiger partial charge on any atom is 0.267 e. The molecule has 0 saturated heterocycles. The van der Waals surface area contributed by atoms with Crippen LogP contribution in [0.2, 0.25) is 0 Å². The predicted octanol–water partition coefficient (Wildman–Crippen LogP) is 4.94. The fraction of sp³-hybridized carbons (Fsp3) is 0.174. The van der Waals surface area contributed by atoms with Gasteiger partial charge in [0.2, 0.25) is 0 Å². The van der Waals surface area contributed by atoms with Crippen molar-refractivity contribution in [2.75, 3.05) is 26.6 Å². The molecule has 0 fully saturated rings. The SMILES string of the molecule is COc1ccc(-c2nc(C)c(C(=O)Nc3ccc(OC)c4ncccc34)s2)cc1OC. The summed E-state index contributed by atoms with van der Waals surface area (Å²) in [6.07, 6.45) is 1.69. The molecule has 0 atom stereocenters. The first-order chi connectivity index (χ1) is 15.0. The standard InChI is InChI=1S/C23H21N3O4S/c1-13-21(31-23(25-13)14-7-9-17(28-2)19(12-14)30-4)22(27)26-16-8-10-18(29-3)20-15(16)6-5-11-24-20/h5-12H,1-4H3,(H,26,27). The quantitative estimate of drug-likeness (QED) is 0.462. The van der Waals surface area contributed by atoms with Crippen molar-refractivity contribution in [3.8, 4) is 27.8 Å². The van der Waals surface area contributed by atoms with E-state index >= 15 is 0 Å². The second-order valence-electron chi connectivity index (χ2n) is 6.67. The minimum atomic E-state index is -0.225. The molecular formula is C23H21N3O4S. The number of anilines is 1. The third-order valence-corrected chi connectivity index (χ3v) is 6.04. The first-order valence-electron chi connectivity index (χ1n) is 9.48. The fourth-order valence-corrected chi connectivity index (χ4v) is 4.26. The van der Waals surface area contributed by atoms with Crippen LogP contribution in [0.5, 0.6) is 17.2 Å². The number of pyridine rings is 1. The molecule has 2 heterocycles. The van der Waals surface area contributed by atoms with Crippen molar-refractivity contribution in [2.24, 2.45) is 0 Å². The molecule has 0 unspecified atom stereocenters. The highest BCUT2D eigenvalue weighted by molar-refractivity contribution is 7.17. The molecule has 0 aliphatic rings. The van der Waals surface area contributed by atoms with Crippen molar-refractivity contribution in [1.82, 2.24) is 9.97 Å². The maximum atomic E-state index is 13.1. The van der Waals surface area contributed by atoms with E-state index in [1.165, 1.54) is 11.3 Å². The minimum absolute atomic E-state index is 0.225. The largest absolute Gasteiger partial charge is 0.494 e. The zero-order valence-corrected chi connectivity index (χ0v) is 18.4. The number of benzene rings is 2. The molecule has 2 aromatic carbocycles. The van der Waals surface area contributed by atoms with E-state index < -0.39 is 0 Å². The molecule has 1 N–H and O–H groups in total. The van der Waals surface area contributed by atoms with Crippen LogP contribution in [0.3, 0.4) is 0 Å². The van der Waals surface area contributed by atoms with E-state index in [1.807, 2.05) is 43.3 Å². The molecule has 0 radical (unpaired) electrons. The van der Waals surface area contributed by atoms with Gasteiger partial charge in [0.25, 0.3) is 5.91 Å². The number of aryl methyl sites for hydroxylation is 1. The normalized spacial score (nSPS) is 10.7. The Morgan fingerprint density at radius 2 is 1.71 bits per heavy atom. The Hall–Kier alpha value is -3.65. The third-order valence-electron chi connectivity index (χ3n) is 4.83. The monoisotopic (exact) mass is 435 g/mol. The molecule has 0 bridgehead atoms. The van der Waals surface area contributed by atoms with Gasteiger partial charge in [0.1, 0.15) is 21.2 Å². The highest BCUT2D eigenvalue weighted by Gasteiger charge is 2.19. The molecular weight excluding hydrogens is 414 g/mol.